The van der Waals surface area contributed by atoms with Gasteiger partial charge in [-0.1, -0.05) is 34.1 Å². The quantitative estimate of drug-likeness (QED) is 0.617. The maximum absolute atomic E-state index is 13.2. The summed E-state index contributed by atoms with van der Waals surface area (Å²) >= 11 is 3.23. The Morgan fingerprint density at radius 3 is 2.82 bits per heavy atom. The number of benzene rings is 1. The summed E-state index contributed by atoms with van der Waals surface area (Å²) in [5.74, 6) is -0.546. The number of halogens is 2. The molecule has 17 heavy (non-hydrogen) atoms. The molecule has 0 unspecified atom stereocenters. The van der Waals surface area contributed by atoms with E-state index in [2.05, 4.69) is 21.2 Å². The van der Waals surface area contributed by atoms with E-state index in [9.17, 15) is 9.18 Å². The average Bonchev–Trinajstić information content (AvgIpc) is 2.32. The second-order valence-corrected chi connectivity index (χ2v) is 4.21. The Morgan fingerprint density at radius 2 is 2.12 bits per heavy atom. The Hall–Kier alpha value is -0.940. The number of nitrogens with one attached hydrogen (secondary N) is 1. The highest BCUT2D eigenvalue weighted by Gasteiger charge is 2.06. The summed E-state index contributed by atoms with van der Waals surface area (Å²) in [5.41, 5.74) is 0.409. The molecule has 0 heterocycles. The highest BCUT2D eigenvalue weighted by Crippen LogP contribution is 2.06. The Bertz CT molecular complexity index is 360. The molecule has 1 N–H and O–H groups in total. The van der Waals surface area contributed by atoms with E-state index in [0.717, 1.165) is 5.33 Å². The highest BCUT2D eigenvalue weighted by molar-refractivity contribution is 9.09. The molecule has 1 amide bonds. The monoisotopic (exact) mass is 303 g/mol. The van der Waals surface area contributed by atoms with Crippen LogP contribution in [0.3, 0.4) is 0 Å². The van der Waals surface area contributed by atoms with Gasteiger partial charge < -0.3 is 10.1 Å². The van der Waals surface area contributed by atoms with Gasteiger partial charge in [-0.2, -0.15) is 0 Å². The Labute approximate surface area is 108 Å². The van der Waals surface area contributed by atoms with E-state index in [0.29, 0.717) is 25.3 Å². The Kier molecular flexibility index (Phi) is 6.81. The van der Waals surface area contributed by atoms with Crippen LogP contribution < -0.4 is 5.32 Å². The van der Waals surface area contributed by atoms with Crippen LogP contribution in [0.4, 0.5) is 4.39 Å². The zero-order valence-corrected chi connectivity index (χ0v) is 11.0. The van der Waals surface area contributed by atoms with Crippen molar-refractivity contribution in [1.82, 2.24) is 5.32 Å². The lowest BCUT2D eigenvalue weighted by atomic mass is 10.1. The molecule has 0 aliphatic rings. The molecule has 0 radical (unpaired) electrons. The topological polar surface area (TPSA) is 38.3 Å². The van der Waals surface area contributed by atoms with Crippen molar-refractivity contribution < 1.29 is 13.9 Å². The molecular formula is C12H15BrFNO2. The second kappa shape index (κ2) is 8.20. The predicted octanol–water partition coefficient (Wildman–Crippen LogP) is 1.90. The second-order valence-electron chi connectivity index (χ2n) is 3.42. The van der Waals surface area contributed by atoms with Crippen molar-refractivity contribution in [3.8, 4) is 0 Å². The van der Waals surface area contributed by atoms with Gasteiger partial charge in [-0.15, -0.1) is 0 Å². The minimum Gasteiger partial charge on any atom is -0.379 e. The number of hydrogen-bond donors (Lipinski definition) is 1. The molecule has 5 heteroatoms. The maximum Gasteiger partial charge on any atom is 0.224 e. The van der Waals surface area contributed by atoms with Crippen LogP contribution in [0.5, 0.6) is 0 Å². The average molecular weight is 304 g/mol. The van der Waals surface area contributed by atoms with Gasteiger partial charge >= 0.3 is 0 Å². The van der Waals surface area contributed by atoms with Gasteiger partial charge in [-0.05, 0) is 11.6 Å². The van der Waals surface area contributed by atoms with Gasteiger partial charge in [0.1, 0.15) is 5.82 Å². The smallest absolute Gasteiger partial charge is 0.224 e. The zero-order chi connectivity index (χ0) is 12.5. The summed E-state index contributed by atoms with van der Waals surface area (Å²) < 4.78 is 18.4. The van der Waals surface area contributed by atoms with Crippen LogP contribution in [0.1, 0.15) is 5.56 Å². The molecule has 0 saturated carbocycles. The number of rotatable bonds is 7. The molecule has 0 fully saturated rings. The predicted molar refractivity (Wildman–Crippen MR) is 67.7 cm³/mol. The first-order valence-corrected chi connectivity index (χ1v) is 6.50. The highest BCUT2D eigenvalue weighted by atomic mass is 79.9. The fourth-order valence-corrected chi connectivity index (χ4v) is 1.53. The SMILES string of the molecule is O=C(Cc1ccccc1F)NCCOCCBr. The van der Waals surface area contributed by atoms with Gasteiger partial charge in [-0.25, -0.2) is 4.39 Å². The third-order valence-electron chi connectivity index (χ3n) is 2.10. The first-order chi connectivity index (χ1) is 8.24. The molecule has 0 spiro atoms. The normalized spacial score (nSPS) is 10.2. The molecule has 94 valence electrons. The van der Waals surface area contributed by atoms with Crippen molar-refractivity contribution in [2.45, 2.75) is 6.42 Å². The van der Waals surface area contributed by atoms with Gasteiger partial charge in [0.15, 0.2) is 0 Å². The van der Waals surface area contributed by atoms with E-state index in [1.54, 1.807) is 18.2 Å². The van der Waals surface area contributed by atoms with Crippen LogP contribution in [0.15, 0.2) is 24.3 Å². The van der Waals surface area contributed by atoms with Crippen LogP contribution in [-0.2, 0) is 16.0 Å². The van der Waals surface area contributed by atoms with Gasteiger partial charge in [0.25, 0.3) is 0 Å². The Morgan fingerprint density at radius 1 is 1.35 bits per heavy atom. The van der Waals surface area contributed by atoms with Gasteiger partial charge in [-0.3, -0.25) is 4.79 Å². The van der Waals surface area contributed by atoms with E-state index in [4.69, 9.17) is 4.74 Å². The largest absolute Gasteiger partial charge is 0.379 e. The third kappa shape index (κ3) is 5.79. The summed E-state index contributed by atoms with van der Waals surface area (Å²) in [6.45, 7) is 1.53. The summed E-state index contributed by atoms with van der Waals surface area (Å²) in [4.78, 5) is 11.5. The molecule has 1 rings (SSSR count). The van der Waals surface area contributed by atoms with Crippen LogP contribution in [-0.4, -0.2) is 31.0 Å². The van der Waals surface area contributed by atoms with Crippen LogP contribution in [0, 0.1) is 5.82 Å². The molecule has 0 aliphatic heterocycles. The lowest BCUT2D eigenvalue weighted by Crippen LogP contribution is -2.29. The lowest BCUT2D eigenvalue weighted by Gasteiger charge is -2.06. The van der Waals surface area contributed by atoms with E-state index >= 15 is 0 Å². The fraction of sp³-hybridized carbons (Fsp3) is 0.417. The first kappa shape index (κ1) is 14.1. The molecule has 1 aromatic rings. The van der Waals surface area contributed by atoms with Crippen LogP contribution in [0.2, 0.25) is 0 Å². The number of carbonyl (C=O) groups excluding carboxylic acids is 1. The molecule has 3 nitrogen and oxygen atoms in total. The molecule has 0 saturated heterocycles. The van der Waals surface area contributed by atoms with Crippen molar-refractivity contribution in [1.29, 1.82) is 0 Å². The zero-order valence-electron chi connectivity index (χ0n) is 9.42. The first-order valence-electron chi connectivity index (χ1n) is 5.38. The van der Waals surface area contributed by atoms with Crippen molar-refractivity contribution in [2.24, 2.45) is 0 Å². The number of hydrogen-bond acceptors (Lipinski definition) is 2. The third-order valence-corrected chi connectivity index (χ3v) is 2.42. The molecule has 0 aromatic heterocycles. The van der Waals surface area contributed by atoms with E-state index < -0.39 is 0 Å². The molecule has 0 atom stereocenters. The number of carbonyl (C=O) groups is 1. The van der Waals surface area contributed by atoms with E-state index in [1.807, 2.05) is 0 Å². The van der Waals surface area contributed by atoms with E-state index in [1.165, 1.54) is 6.07 Å². The summed E-state index contributed by atoms with van der Waals surface area (Å²) in [5, 5.41) is 3.45. The Balaban J connectivity index is 2.23. The number of alkyl halides is 1. The number of amides is 1. The van der Waals surface area contributed by atoms with Gasteiger partial charge in [0, 0.05) is 11.9 Å². The molecular weight excluding hydrogens is 289 g/mol. The minimum atomic E-state index is -0.349. The summed E-state index contributed by atoms with van der Waals surface area (Å²) in [6, 6.07) is 6.27. The van der Waals surface area contributed by atoms with Crippen LogP contribution in [0.25, 0.3) is 0 Å². The van der Waals surface area contributed by atoms with Gasteiger partial charge in [0.05, 0.1) is 19.6 Å². The molecule has 1 aromatic carbocycles. The number of ether oxygens (including phenoxy) is 1. The van der Waals surface area contributed by atoms with Crippen molar-refractivity contribution in [3.05, 3.63) is 35.6 Å². The minimum absolute atomic E-state index is 0.0606. The fourth-order valence-electron chi connectivity index (χ4n) is 1.30. The van der Waals surface area contributed by atoms with Crippen molar-refractivity contribution in [2.75, 3.05) is 25.1 Å². The van der Waals surface area contributed by atoms with Crippen molar-refractivity contribution in [3.63, 3.8) is 0 Å². The summed E-state index contributed by atoms with van der Waals surface area (Å²) in [6.07, 6.45) is 0.0606. The molecule has 0 bridgehead atoms. The maximum atomic E-state index is 13.2. The summed E-state index contributed by atoms with van der Waals surface area (Å²) in [7, 11) is 0. The molecule has 0 aliphatic carbocycles. The standard InChI is InChI=1S/C12H15BrFNO2/c13-5-7-17-8-6-15-12(16)9-10-3-1-2-4-11(10)14/h1-4H,5-9H2,(H,15,16). The lowest BCUT2D eigenvalue weighted by molar-refractivity contribution is -0.120. The van der Waals surface area contributed by atoms with Crippen LogP contribution >= 0.6 is 15.9 Å². The van der Waals surface area contributed by atoms with Gasteiger partial charge in [0.2, 0.25) is 5.91 Å². The van der Waals surface area contributed by atoms with E-state index in [-0.39, 0.29) is 18.1 Å². The van der Waals surface area contributed by atoms with Crippen molar-refractivity contribution >= 4 is 21.8 Å².